The molecule has 1 heterocycles. The van der Waals surface area contributed by atoms with Gasteiger partial charge in [-0.1, -0.05) is 154 Å². The third-order valence-corrected chi connectivity index (χ3v) is 12.9. The molecule has 2 unspecified atom stereocenters. The maximum Gasteiger partial charge on any atom is 0.0980 e. The summed E-state index contributed by atoms with van der Waals surface area (Å²) in [7, 11) is 0. The Morgan fingerprint density at radius 2 is 1.19 bits per heavy atom. The summed E-state index contributed by atoms with van der Waals surface area (Å²) in [4.78, 5) is 2.75. The van der Waals surface area contributed by atoms with Crippen LogP contribution in [0.2, 0.25) is 0 Å². The molecule has 2 saturated carbocycles. The molecule has 0 radical (unpaired) electrons. The number of thioether (sulfide) groups is 1. The van der Waals surface area contributed by atoms with Gasteiger partial charge in [0, 0.05) is 29.8 Å². The van der Waals surface area contributed by atoms with Gasteiger partial charge in [0.05, 0.1) is 5.54 Å². The zero-order chi connectivity index (χ0) is 31.9. The molecule has 0 amide bonds. The minimum absolute atomic E-state index is 0.335. The topological polar surface area (TPSA) is 15.3 Å². The monoisotopic (exact) mass is 642 g/mol. The van der Waals surface area contributed by atoms with Crippen molar-refractivity contribution in [1.82, 2.24) is 10.2 Å². The Morgan fingerprint density at radius 3 is 1.74 bits per heavy atom. The molecule has 0 spiro atoms. The fourth-order valence-electron chi connectivity index (χ4n) is 9.19. The molecule has 246 valence electrons. The van der Waals surface area contributed by atoms with E-state index in [-0.39, 0.29) is 5.54 Å². The summed E-state index contributed by atoms with van der Waals surface area (Å²) in [5.74, 6) is 2.59. The largest absolute Gasteiger partial charge is 0.307 e. The highest BCUT2D eigenvalue weighted by Crippen LogP contribution is 2.46. The molecule has 0 aromatic heterocycles. The van der Waals surface area contributed by atoms with Gasteiger partial charge in [-0.15, -0.1) is 11.8 Å². The van der Waals surface area contributed by atoms with Crippen LogP contribution >= 0.6 is 11.8 Å². The lowest BCUT2D eigenvalue weighted by molar-refractivity contribution is 0.202. The maximum atomic E-state index is 4.26. The van der Waals surface area contributed by atoms with Crippen molar-refractivity contribution in [3.8, 4) is 0 Å². The predicted molar refractivity (Wildman–Crippen MR) is 201 cm³/mol. The van der Waals surface area contributed by atoms with Gasteiger partial charge in [-0.05, 0) is 78.7 Å². The number of nitrogens with one attached hydrogen (secondary N) is 1. The molecule has 1 aliphatic heterocycles. The zero-order valence-electron chi connectivity index (χ0n) is 28.4. The molecule has 1 N–H and O–H groups in total. The van der Waals surface area contributed by atoms with Crippen LogP contribution in [0, 0.1) is 11.8 Å². The van der Waals surface area contributed by atoms with E-state index in [9.17, 15) is 0 Å². The number of rotatable bonds is 11. The van der Waals surface area contributed by atoms with Crippen LogP contribution in [0.15, 0.2) is 115 Å². The number of hydrogen-bond acceptors (Lipinski definition) is 3. The standard InChI is InChI=1S/C44H54N2S/c1-34(36-19-7-2-8-20-36)45-43(37-21-9-3-10-22-37)38-23-17-18-35(30-38)31-42-32-46(33-47-42)44(39-24-11-4-12-25-39,40-26-13-5-14-27-40)41-28-15-6-16-29-41/h4-6,11-18,23-30,34,36-37,42-43,45H,2-3,7-10,19-22,31-33H2,1H3/t34-,42?,43?/m1/s1. The third-order valence-electron chi connectivity index (χ3n) is 11.6. The van der Waals surface area contributed by atoms with E-state index in [1.165, 1.54) is 92.0 Å². The molecule has 3 heteroatoms. The highest BCUT2D eigenvalue weighted by Gasteiger charge is 2.45. The van der Waals surface area contributed by atoms with E-state index in [0.717, 1.165) is 30.7 Å². The molecule has 2 nitrogen and oxygen atoms in total. The lowest BCUT2D eigenvalue weighted by Gasteiger charge is -2.43. The van der Waals surface area contributed by atoms with Gasteiger partial charge in [0.2, 0.25) is 0 Å². The highest BCUT2D eigenvalue weighted by molar-refractivity contribution is 8.00. The predicted octanol–water partition coefficient (Wildman–Crippen LogP) is 10.8. The fourth-order valence-corrected chi connectivity index (χ4v) is 10.5. The second-order valence-electron chi connectivity index (χ2n) is 14.6. The average molecular weight is 643 g/mol. The molecule has 3 atom stereocenters. The van der Waals surface area contributed by atoms with Gasteiger partial charge < -0.3 is 5.32 Å². The van der Waals surface area contributed by atoms with Crippen molar-refractivity contribution in [3.63, 3.8) is 0 Å². The van der Waals surface area contributed by atoms with Crippen LogP contribution in [-0.2, 0) is 12.0 Å². The number of hydrogen-bond donors (Lipinski definition) is 1. The number of benzene rings is 4. The van der Waals surface area contributed by atoms with Crippen molar-refractivity contribution in [1.29, 1.82) is 0 Å². The first kappa shape index (κ1) is 32.7. The van der Waals surface area contributed by atoms with Crippen molar-refractivity contribution in [2.45, 2.75) is 100 Å². The summed E-state index contributed by atoms with van der Waals surface area (Å²) < 4.78 is 0. The quantitative estimate of drug-likeness (QED) is 0.164. The Balaban J connectivity index is 1.15. The van der Waals surface area contributed by atoms with Gasteiger partial charge in [0.1, 0.15) is 0 Å². The first-order chi connectivity index (χ1) is 23.2. The van der Waals surface area contributed by atoms with Gasteiger partial charge in [-0.3, -0.25) is 4.90 Å². The SMILES string of the molecule is C[C@@H](NC(c1cccc(CC2CN(C(c3ccccc3)(c3ccccc3)c3ccccc3)CS2)c1)C1CCCCC1)C1CCCCC1. The lowest BCUT2D eigenvalue weighted by atomic mass is 9.75. The van der Waals surface area contributed by atoms with E-state index in [0.29, 0.717) is 17.3 Å². The first-order valence-electron chi connectivity index (χ1n) is 18.6. The van der Waals surface area contributed by atoms with Crippen molar-refractivity contribution in [2.24, 2.45) is 11.8 Å². The summed E-state index contributed by atoms with van der Waals surface area (Å²) in [5.41, 5.74) is 6.72. The summed E-state index contributed by atoms with van der Waals surface area (Å²) in [6.07, 6.45) is 15.1. The molecular weight excluding hydrogens is 589 g/mol. The van der Waals surface area contributed by atoms with Crippen LogP contribution in [0.5, 0.6) is 0 Å². The van der Waals surface area contributed by atoms with Crippen LogP contribution < -0.4 is 5.32 Å². The Morgan fingerprint density at radius 1 is 0.660 bits per heavy atom. The Bertz CT molecular complexity index is 1410. The minimum atomic E-state index is -0.335. The molecule has 1 saturated heterocycles. The summed E-state index contributed by atoms with van der Waals surface area (Å²) in [6.45, 7) is 3.54. The zero-order valence-corrected chi connectivity index (χ0v) is 29.2. The minimum Gasteiger partial charge on any atom is -0.307 e. The number of nitrogens with zero attached hydrogens (tertiary/aromatic N) is 1. The molecule has 2 aliphatic carbocycles. The second kappa shape index (κ2) is 15.6. The van der Waals surface area contributed by atoms with Crippen molar-refractivity contribution in [3.05, 3.63) is 143 Å². The normalized spacial score (nSPS) is 21.4. The maximum absolute atomic E-state index is 4.26. The lowest BCUT2D eigenvalue weighted by Crippen LogP contribution is -2.47. The smallest absolute Gasteiger partial charge is 0.0980 e. The van der Waals surface area contributed by atoms with Crippen LogP contribution in [0.4, 0.5) is 0 Å². The van der Waals surface area contributed by atoms with E-state index in [4.69, 9.17) is 0 Å². The van der Waals surface area contributed by atoms with E-state index in [2.05, 4.69) is 144 Å². The molecule has 3 aliphatic rings. The van der Waals surface area contributed by atoms with E-state index < -0.39 is 0 Å². The van der Waals surface area contributed by atoms with Gasteiger partial charge >= 0.3 is 0 Å². The van der Waals surface area contributed by atoms with Crippen LogP contribution in [0.25, 0.3) is 0 Å². The molecule has 4 aromatic rings. The van der Waals surface area contributed by atoms with E-state index >= 15 is 0 Å². The van der Waals surface area contributed by atoms with E-state index in [1.54, 1.807) is 0 Å². The fraction of sp³-hybridized carbons (Fsp3) is 0.455. The van der Waals surface area contributed by atoms with Crippen molar-refractivity contribution < 1.29 is 0 Å². The Labute approximate surface area is 288 Å². The Hall–Kier alpha value is -2.85. The summed E-state index contributed by atoms with van der Waals surface area (Å²) in [6, 6.07) is 44.4. The highest BCUT2D eigenvalue weighted by atomic mass is 32.2. The average Bonchev–Trinajstić information content (AvgIpc) is 3.61. The van der Waals surface area contributed by atoms with Crippen LogP contribution in [0.3, 0.4) is 0 Å². The van der Waals surface area contributed by atoms with Gasteiger partial charge in [0.15, 0.2) is 0 Å². The second-order valence-corrected chi connectivity index (χ2v) is 15.9. The molecular formula is C44H54N2S. The van der Waals surface area contributed by atoms with Crippen LogP contribution in [-0.4, -0.2) is 28.6 Å². The van der Waals surface area contributed by atoms with Gasteiger partial charge in [-0.25, -0.2) is 0 Å². The van der Waals surface area contributed by atoms with Crippen LogP contribution in [0.1, 0.15) is 105 Å². The molecule has 47 heavy (non-hydrogen) atoms. The van der Waals surface area contributed by atoms with Gasteiger partial charge in [-0.2, -0.15) is 0 Å². The summed E-state index contributed by atoms with van der Waals surface area (Å²) >= 11 is 2.14. The molecule has 7 rings (SSSR count). The van der Waals surface area contributed by atoms with Crippen molar-refractivity contribution in [2.75, 3.05) is 12.4 Å². The Kier molecular flexibility index (Phi) is 10.8. The van der Waals surface area contributed by atoms with Gasteiger partial charge in [0.25, 0.3) is 0 Å². The molecule has 4 aromatic carbocycles. The summed E-state index contributed by atoms with van der Waals surface area (Å²) in [5, 5.41) is 4.81. The third kappa shape index (κ3) is 7.28. The van der Waals surface area contributed by atoms with E-state index in [1.807, 2.05) is 0 Å². The van der Waals surface area contributed by atoms with Crippen molar-refractivity contribution >= 4 is 11.8 Å². The first-order valence-corrected chi connectivity index (χ1v) is 19.6. The molecule has 0 bridgehead atoms. The molecule has 3 fully saturated rings.